The maximum Gasteiger partial charge on any atom is 0.274 e. The first-order chi connectivity index (χ1) is 12.6. The van der Waals surface area contributed by atoms with Crippen LogP contribution in [0.1, 0.15) is 12.5 Å². The van der Waals surface area contributed by atoms with Gasteiger partial charge in [-0.25, -0.2) is 0 Å². The van der Waals surface area contributed by atoms with Gasteiger partial charge >= 0.3 is 0 Å². The van der Waals surface area contributed by atoms with E-state index in [9.17, 15) is 10.1 Å². The molecule has 2 N–H and O–H groups in total. The van der Waals surface area contributed by atoms with E-state index in [0.29, 0.717) is 29.6 Å². The van der Waals surface area contributed by atoms with Crippen molar-refractivity contribution in [2.75, 3.05) is 26.1 Å². The van der Waals surface area contributed by atoms with Gasteiger partial charge < -0.3 is 20.1 Å². The van der Waals surface area contributed by atoms with Crippen molar-refractivity contribution in [3.8, 4) is 11.5 Å². The number of halogens is 1. The second-order valence-electron chi connectivity index (χ2n) is 5.24. The first-order valence-electron chi connectivity index (χ1n) is 8.09. The summed E-state index contributed by atoms with van der Waals surface area (Å²) in [5.41, 5.74) is 1.40. The predicted molar refractivity (Wildman–Crippen MR) is 116 cm³/mol. The van der Waals surface area contributed by atoms with Crippen LogP contribution >= 0.6 is 24.0 Å². The summed E-state index contributed by atoms with van der Waals surface area (Å²) in [5, 5.41) is 17.3. The number of nitrogens with one attached hydrogen (secondary N) is 2. The van der Waals surface area contributed by atoms with Gasteiger partial charge in [0.05, 0.1) is 18.6 Å². The molecule has 0 saturated heterocycles. The number of aliphatic imine (C=N–C) groups is 1. The first kappa shape index (κ1) is 22.5. The third-order valence-electron chi connectivity index (χ3n) is 3.58. The van der Waals surface area contributed by atoms with Crippen LogP contribution in [0.4, 0.5) is 11.4 Å². The SMILES string of the molecule is CCOc1cc(NC(=NC)NCc2ccccc2[N+](=O)[O-])ccc1OC.I. The Labute approximate surface area is 175 Å². The van der Waals surface area contributed by atoms with Crippen LogP contribution in [-0.2, 0) is 6.54 Å². The summed E-state index contributed by atoms with van der Waals surface area (Å²) in [6.45, 7) is 2.68. The average Bonchev–Trinajstić information content (AvgIpc) is 2.65. The van der Waals surface area contributed by atoms with Gasteiger partial charge in [-0.05, 0) is 19.1 Å². The van der Waals surface area contributed by atoms with Crippen LogP contribution in [-0.4, -0.2) is 31.6 Å². The number of nitro benzene ring substituents is 1. The van der Waals surface area contributed by atoms with Crippen LogP contribution in [0.15, 0.2) is 47.5 Å². The smallest absolute Gasteiger partial charge is 0.274 e. The zero-order chi connectivity index (χ0) is 18.9. The molecule has 0 radical (unpaired) electrons. The lowest BCUT2D eigenvalue weighted by Crippen LogP contribution is -2.30. The molecule has 0 aliphatic rings. The summed E-state index contributed by atoms with van der Waals surface area (Å²) in [7, 11) is 3.21. The standard InChI is InChI=1S/C18H22N4O4.HI/c1-4-26-17-11-14(9-10-16(17)25-3)21-18(19-2)20-12-13-7-5-6-8-15(13)22(23)24;/h5-11H,4,12H2,1-3H3,(H2,19,20,21);1H. The molecule has 0 fully saturated rings. The molecule has 27 heavy (non-hydrogen) atoms. The number of hydrogen-bond acceptors (Lipinski definition) is 5. The molecule has 0 spiro atoms. The zero-order valence-corrected chi connectivity index (χ0v) is 17.7. The summed E-state index contributed by atoms with van der Waals surface area (Å²) >= 11 is 0. The van der Waals surface area contributed by atoms with Crippen LogP contribution < -0.4 is 20.1 Å². The second-order valence-corrected chi connectivity index (χ2v) is 5.24. The predicted octanol–water partition coefficient (Wildman–Crippen LogP) is 3.81. The Kier molecular flexibility index (Phi) is 9.34. The van der Waals surface area contributed by atoms with Gasteiger partial charge in [-0.3, -0.25) is 15.1 Å². The van der Waals surface area contributed by atoms with Crippen molar-refractivity contribution < 1.29 is 14.4 Å². The lowest BCUT2D eigenvalue weighted by molar-refractivity contribution is -0.385. The molecule has 2 rings (SSSR count). The van der Waals surface area contributed by atoms with E-state index >= 15 is 0 Å². The lowest BCUT2D eigenvalue weighted by atomic mass is 10.2. The second kappa shape index (κ2) is 11.2. The van der Waals surface area contributed by atoms with Crippen molar-refractivity contribution in [2.45, 2.75) is 13.5 Å². The molecule has 0 aromatic heterocycles. The highest BCUT2D eigenvalue weighted by atomic mass is 127. The Morgan fingerprint density at radius 2 is 1.96 bits per heavy atom. The van der Waals surface area contributed by atoms with E-state index in [4.69, 9.17) is 9.47 Å². The van der Waals surface area contributed by atoms with E-state index in [1.807, 2.05) is 13.0 Å². The molecule has 0 unspecified atom stereocenters. The Balaban J connectivity index is 0.00000364. The molecule has 0 amide bonds. The quantitative estimate of drug-likeness (QED) is 0.203. The molecule has 0 heterocycles. The van der Waals surface area contributed by atoms with E-state index in [1.54, 1.807) is 44.5 Å². The molecule has 8 nitrogen and oxygen atoms in total. The maximum absolute atomic E-state index is 11.1. The van der Waals surface area contributed by atoms with Crippen molar-refractivity contribution in [2.24, 2.45) is 4.99 Å². The fourth-order valence-electron chi connectivity index (χ4n) is 2.36. The number of rotatable bonds is 7. The number of nitrogens with zero attached hydrogens (tertiary/aromatic N) is 2. The zero-order valence-electron chi connectivity index (χ0n) is 15.4. The fourth-order valence-corrected chi connectivity index (χ4v) is 2.36. The van der Waals surface area contributed by atoms with Gasteiger partial charge in [-0.1, -0.05) is 18.2 Å². The topological polar surface area (TPSA) is 98.0 Å². The molecule has 0 aliphatic heterocycles. The summed E-state index contributed by atoms with van der Waals surface area (Å²) < 4.78 is 10.8. The molecule has 2 aromatic rings. The first-order valence-corrected chi connectivity index (χ1v) is 8.09. The molecule has 0 atom stereocenters. The van der Waals surface area contributed by atoms with Crippen molar-refractivity contribution in [3.05, 3.63) is 58.1 Å². The van der Waals surface area contributed by atoms with E-state index in [-0.39, 0.29) is 36.2 Å². The van der Waals surface area contributed by atoms with E-state index in [0.717, 1.165) is 5.69 Å². The normalized spacial score (nSPS) is 10.6. The van der Waals surface area contributed by atoms with Crippen LogP contribution in [0.2, 0.25) is 0 Å². The molecular formula is C18H23IN4O4. The minimum absolute atomic E-state index is 0. The Morgan fingerprint density at radius 3 is 2.59 bits per heavy atom. The number of benzene rings is 2. The Hall–Kier alpha value is -2.56. The van der Waals surface area contributed by atoms with Gasteiger partial charge in [0, 0.05) is 37.0 Å². The van der Waals surface area contributed by atoms with Crippen LogP contribution in [0, 0.1) is 10.1 Å². The highest BCUT2D eigenvalue weighted by Gasteiger charge is 2.13. The largest absolute Gasteiger partial charge is 0.493 e. The Morgan fingerprint density at radius 1 is 1.22 bits per heavy atom. The number of guanidine groups is 1. The summed E-state index contributed by atoms with van der Waals surface area (Å²) in [6, 6.07) is 12.0. The number of nitro groups is 1. The number of para-hydroxylation sites is 1. The highest BCUT2D eigenvalue weighted by molar-refractivity contribution is 14.0. The minimum Gasteiger partial charge on any atom is -0.493 e. The molecule has 0 aliphatic carbocycles. The number of hydrogen-bond donors (Lipinski definition) is 2. The molecular weight excluding hydrogens is 463 g/mol. The van der Waals surface area contributed by atoms with Gasteiger partial charge in [0.25, 0.3) is 5.69 Å². The lowest BCUT2D eigenvalue weighted by Gasteiger charge is -2.14. The van der Waals surface area contributed by atoms with Crippen molar-refractivity contribution in [1.82, 2.24) is 5.32 Å². The Bertz CT molecular complexity index is 799. The number of ether oxygens (including phenoxy) is 2. The van der Waals surface area contributed by atoms with E-state index in [2.05, 4.69) is 15.6 Å². The summed E-state index contributed by atoms with van der Waals surface area (Å²) in [6.07, 6.45) is 0. The van der Waals surface area contributed by atoms with Gasteiger partial charge in [0.15, 0.2) is 17.5 Å². The monoisotopic (exact) mass is 486 g/mol. The number of methoxy groups -OCH3 is 1. The third kappa shape index (κ3) is 6.27. The summed E-state index contributed by atoms with van der Waals surface area (Å²) in [5.74, 6) is 1.74. The summed E-state index contributed by atoms with van der Waals surface area (Å²) in [4.78, 5) is 14.8. The molecule has 0 saturated carbocycles. The van der Waals surface area contributed by atoms with Crippen molar-refractivity contribution >= 4 is 41.3 Å². The third-order valence-corrected chi connectivity index (χ3v) is 3.58. The van der Waals surface area contributed by atoms with Gasteiger partial charge in [-0.2, -0.15) is 0 Å². The van der Waals surface area contributed by atoms with Crippen molar-refractivity contribution in [1.29, 1.82) is 0 Å². The molecule has 146 valence electrons. The minimum atomic E-state index is -0.398. The van der Waals surface area contributed by atoms with Crippen molar-refractivity contribution in [3.63, 3.8) is 0 Å². The molecule has 9 heteroatoms. The number of anilines is 1. The van der Waals surface area contributed by atoms with E-state index in [1.165, 1.54) is 6.07 Å². The van der Waals surface area contributed by atoms with Gasteiger partial charge in [0.1, 0.15) is 0 Å². The van der Waals surface area contributed by atoms with Gasteiger partial charge in [-0.15, -0.1) is 24.0 Å². The van der Waals surface area contributed by atoms with Crippen LogP contribution in [0.5, 0.6) is 11.5 Å². The van der Waals surface area contributed by atoms with Crippen LogP contribution in [0.25, 0.3) is 0 Å². The fraction of sp³-hybridized carbons (Fsp3) is 0.278. The highest BCUT2D eigenvalue weighted by Crippen LogP contribution is 2.30. The molecule has 0 bridgehead atoms. The van der Waals surface area contributed by atoms with E-state index < -0.39 is 4.92 Å². The average molecular weight is 486 g/mol. The van der Waals surface area contributed by atoms with Gasteiger partial charge in [0.2, 0.25) is 0 Å². The molecule has 2 aromatic carbocycles. The maximum atomic E-state index is 11.1. The van der Waals surface area contributed by atoms with Crippen LogP contribution in [0.3, 0.4) is 0 Å².